The van der Waals surface area contributed by atoms with Gasteiger partial charge in [-0.1, -0.05) is 6.42 Å². The summed E-state index contributed by atoms with van der Waals surface area (Å²) < 4.78 is 26.1. The number of hydrogen-bond acceptors (Lipinski definition) is 2. The van der Waals surface area contributed by atoms with Crippen LogP contribution in [0.3, 0.4) is 0 Å². The third-order valence-electron chi connectivity index (χ3n) is 2.79. The highest BCUT2D eigenvalue weighted by Crippen LogP contribution is 2.39. The highest BCUT2D eigenvalue weighted by Gasteiger charge is 2.28. The maximum atomic E-state index is 13.4. The lowest BCUT2D eigenvalue weighted by Crippen LogP contribution is -2.07. The van der Waals surface area contributed by atoms with E-state index in [0.717, 1.165) is 25.3 Å². The smallest absolute Gasteiger partial charge is 0.139 e. The Hall–Kier alpha value is -1.08. The molecule has 1 aliphatic rings. The van der Waals surface area contributed by atoms with Crippen LogP contribution in [0.4, 0.5) is 8.78 Å². The van der Waals surface area contributed by atoms with E-state index in [1.807, 2.05) is 0 Å². The summed E-state index contributed by atoms with van der Waals surface area (Å²) in [6.45, 7) is 0. The Morgan fingerprint density at radius 3 is 2.81 bits per heavy atom. The largest absolute Gasteiger partial charge is 0.207 e. The molecular weight excluding hydrogens is 228 g/mol. The van der Waals surface area contributed by atoms with Gasteiger partial charge in [0, 0.05) is 16.2 Å². The number of thioether (sulfide) groups is 1. The van der Waals surface area contributed by atoms with Crippen LogP contribution in [0.25, 0.3) is 0 Å². The molecule has 1 nitrogen and oxygen atoms in total. The van der Waals surface area contributed by atoms with Crippen LogP contribution in [0.5, 0.6) is 0 Å². The number of nitriles is 1. The molecule has 0 radical (unpaired) electrons. The second-order valence-corrected chi connectivity index (χ2v) is 5.18. The van der Waals surface area contributed by atoms with Gasteiger partial charge in [0.05, 0.1) is 12.0 Å². The van der Waals surface area contributed by atoms with Crippen molar-refractivity contribution in [2.75, 3.05) is 0 Å². The van der Waals surface area contributed by atoms with E-state index in [0.29, 0.717) is 4.90 Å². The average Bonchev–Trinajstić information content (AvgIpc) is 2.69. The minimum Gasteiger partial charge on any atom is -0.207 e. The maximum absolute atomic E-state index is 13.4. The summed E-state index contributed by atoms with van der Waals surface area (Å²) in [5, 5.41) is 9.05. The quantitative estimate of drug-likeness (QED) is 0.784. The SMILES string of the molecule is N#CC1CCCC1Sc1ccc(F)cc1F. The number of nitrogens with zero attached hydrogens (tertiary/aromatic N) is 1. The Balaban J connectivity index is 2.12. The first kappa shape index (κ1) is 11.4. The van der Waals surface area contributed by atoms with Crippen LogP contribution in [-0.2, 0) is 0 Å². The fourth-order valence-corrected chi connectivity index (χ4v) is 3.24. The molecule has 1 saturated carbocycles. The van der Waals surface area contributed by atoms with Crippen LogP contribution in [0.2, 0.25) is 0 Å². The Labute approximate surface area is 97.5 Å². The molecule has 0 saturated heterocycles. The molecule has 0 spiro atoms. The predicted octanol–water partition coefficient (Wildman–Crippen LogP) is 3.75. The van der Waals surface area contributed by atoms with E-state index < -0.39 is 11.6 Å². The van der Waals surface area contributed by atoms with Gasteiger partial charge in [0.2, 0.25) is 0 Å². The third-order valence-corrected chi connectivity index (χ3v) is 4.24. The van der Waals surface area contributed by atoms with E-state index in [9.17, 15) is 8.78 Å². The lowest BCUT2D eigenvalue weighted by Gasteiger charge is -2.13. The molecule has 16 heavy (non-hydrogen) atoms. The summed E-state index contributed by atoms with van der Waals surface area (Å²) in [4.78, 5) is 0.438. The molecule has 0 aliphatic heterocycles. The number of benzene rings is 1. The molecule has 1 aromatic carbocycles. The summed E-state index contributed by atoms with van der Waals surface area (Å²) in [7, 11) is 0. The molecule has 1 fully saturated rings. The first-order chi connectivity index (χ1) is 7.70. The summed E-state index contributed by atoms with van der Waals surface area (Å²) in [6.07, 6.45) is 2.83. The molecule has 2 atom stereocenters. The van der Waals surface area contributed by atoms with Gasteiger partial charge in [-0.15, -0.1) is 11.8 Å². The summed E-state index contributed by atoms with van der Waals surface area (Å²) in [5.41, 5.74) is 0. The maximum Gasteiger partial charge on any atom is 0.139 e. The van der Waals surface area contributed by atoms with Gasteiger partial charge in [-0.2, -0.15) is 5.26 Å². The van der Waals surface area contributed by atoms with Gasteiger partial charge >= 0.3 is 0 Å². The van der Waals surface area contributed by atoms with Crippen LogP contribution < -0.4 is 0 Å². The van der Waals surface area contributed by atoms with Gasteiger partial charge in [0.25, 0.3) is 0 Å². The van der Waals surface area contributed by atoms with Crippen molar-refractivity contribution >= 4 is 11.8 Å². The monoisotopic (exact) mass is 239 g/mol. The molecule has 0 heterocycles. The topological polar surface area (TPSA) is 23.8 Å². The van der Waals surface area contributed by atoms with E-state index in [-0.39, 0.29) is 11.2 Å². The first-order valence-electron chi connectivity index (χ1n) is 5.22. The van der Waals surface area contributed by atoms with Gasteiger partial charge in [-0.25, -0.2) is 8.78 Å². The van der Waals surface area contributed by atoms with E-state index in [2.05, 4.69) is 6.07 Å². The minimum absolute atomic E-state index is 0.00514. The number of hydrogen-bond donors (Lipinski definition) is 0. The fraction of sp³-hybridized carbons (Fsp3) is 0.417. The van der Waals surface area contributed by atoms with Crippen molar-refractivity contribution in [3.63, 3.8) is 0 Å². The zero-order chi connectivity index (χ0) is 11.5. The molecule has 0 amide bonds. The van der Waals surface area contributed by atoms with E-state index in [4.69, 9.17) is 5.26 Å². The normalized spacial score (nSPS) is 24.3. The second kappa shape index (κ2) is 4.84. The Morgan fingerprint density at radius 1 is 1.31 bits per heavy atom. The molecule has 0 aromatic heterocycles. The van der Waals surface area contributed by atoms with Gasteiger partial charge in [0.15, 0.2) is 0 Å². The van der Waals surface area contributed by atoms with Crippen molar-refractivity contribution in [1.29, 1.82) is 5.26 Å². The molecule has 4 heteroatoms. The van der Waals surface area contributed by atoms with Crippen LogP contribution in [0, 0.1) is 28.9 Å². The summed E-state index contributed by atoms with van der Waals surface area (Å²) in [5.74, 6) is -1.10. The lowest BCUT2D eigenvalue weighted by atomic mass is 10.1. The van der Waals surface area contributed by atoms with E-state index in [1.54, 1.807) is 0 Å². The number of rotatable bonds is 2. The van der Waals surface area contributed by atoms with Crippen molar-refractivity contribution in [3.05, 3.63) is 29.8 Å². The van der Waals surface area contributed by atoms with Crippen LogP contribution >= 0.6 is 11.8 Å². The van der Waals surface area contributed by atoms with Crippen molar-refractivity contribution in [3.8, 4) is 6.07 Å². The molecule has 2 rings (SSSR count). The Morgan fingerprint density at radius 2 is 2.12 bits per heavy atom. The summed E-state index contributed by atoms with van der Waals surface area (Å²) >= 11 is 1.36. The lowest BCUT2D eigenvalue weighted by molar-refractivity contribution is 0.565. The molecule has 2 unspecified atom stereocenters. The highest BCUT2D eigenvalue weighted by molar-refractivity contribution is 8.00. The van der Waals surface area contributed by atoms with Crippen molar-refractivity contribution in [2.45, 2.75) is 29.4 Å². The molecule has 1 aromatic rings. The molecule has 0 N–H and O–H groups in total. The van der Waals surface area contributed by atoms with Gasteiger partial charge < -0.3 is 0 Å². The minimum atomic E-state index is -0.565. The first-order valence-corrected chi connectivity index (χ1v) is 6.10. The molecule has 0 bridgehead atoms. The second-order valence-electron chi connectivity index (χ2n) is 3.90. The average molecular weight is 239 g/mol. The molecule has 1 aliphatic carbocycles. The zero-order valence-corrected chi connectivity index (χ0v) is 9.44. The van der Waals surface area contributed by atoms with E-state index in [1.165, 1.54) is 23.9 Å². The molecule has 84 valence electrons. The van der Waals surface area contributed by atoms with Crippen LogP contribution in [-0.4, -0.2) is 5.25 Å². The van der Waals surface area contributed by atoms with Crippen molar-refractivity contribution in [1.82, 2.24) is 0 Å². The van der Waals surface area contributed by atoms with Crippen LogP contribution in [0.15, 0.2) is 23.1 Å². The predicted molar refractivity (Wildman–Crippen MR) is 59.0 cm³/mol. The zero-order valence-electron chi connectivity index (χ0n) is 8.62. The summed E-state index contributed by atoms with van der Waals surface area (Å²) in [6, 6.07) is 5.83. The van der Waals surface area contributed by atoms with Gasteiger partial charge in [-0.05, 0) is 25.0 Å². The fourth-order valence-electron chi connectivity index (χ4n) is 1.95. The van der Waals surface area contributed by atoms with Crippen LogP contribution in [0.1, 0.15) is 19.3 Å². The van der Waals surface area contributed by atoms with Crippen molar-refractivity contribution < 1.29 is 8.78 Å². The van der Waals surface area contributed by atoms with Crippen molar-refractivity contribution in [2.24, 2.45) is 5.92 Å². The Bertz CT molecular complexity index is 428. The standard InChI is InChI=1S/C12H11F2NS/c13-9-4-5-12(10(14)6-9)16-11-3-1-2-8(11)7-15/h4-6,8,11H,1-3H2. The van der Waals surface area contributed by atoms with Gasteiger partial charge in [0.1, 0.15) is 11.6 Å². The van der Waals surface area contributed by atoms with Gasteiger partial charge in [-0.3, -0.25) is 0 Å². The van der Waals surface area contributed by atoms with E-state index >= 15 is 0 Å². The Kier molecular flexibility index (Phi) is 3.45. The molecular formula is C12H11F2NS. The number of halogens is 2. The highest BCUT2D eigenvalue weighted by atomic mass is 32.2. The third kappa shape index (κ3) is 2.35.